The summed E-state index contributed by atoms with van der Waals surface area (Å²) in [6, 6.07) is 5.27. The SMILES string of the molecule is CC([NH])COc1ccccn1. The molecule has 0 aromatic carbocycles. The van der Waals surface area contributed by atoms with E-state index in [9.17, 15) is 0 Å². The van der Waals surface area contributed by atoms with E-state index in [0.717, 1.165) is 0 Å². The number of hydrogen-bond donors (Lipinski definition) is 0. The maximum absolute atomic E-state index is 7.17. The van der Waals surface area contributed by atoms with Crippen molar-refractivity contribution in [1.29, 1.82) is 0 Å². The molecule has 1 unspecified atom stereocenters. The van der Waals surface area contributed by atoms with Gasteiger partial charge in [0.05, 0.1) is 6.04 Å². The van der Waals surface area contributed by atoms with Crippen LogP contribution >= 0.6 is 0 Å². The molecule has 1 rings (SSSR count). The summed E-state index contributed by atoms with van der Waals surface area (Å²) in [5.41, 5.74) is 7.17. The van der Waals surface area contributed by atoms with Crippen molar-refractivity contribution in [3.05, 3.63) is 24.4 Å². The summed E-state index contributed by atoms with van der Waals surface area (Å²) < 4.78 is 5.17. The van der Waals surface area contributed by atoms with Gasteiger partial charge in [-0.15, -0.1) is 0 Å². The molecule has 1 N–H and O–H groups in total. The highest BCUT2D eigenvalue weighted by Crippen LogP contribution is 2.02. The van der Waals surface area contributed by atoms with Crippen LogP contribution < -0.4 is 10.5 Å². The summed E-state index contributed by atoms with van der Waals surface area (Å²) in [7, 11) is 0. The van der Waals surface area contributed by atoms with Crippen LogP contribution in [0.1, 0.15) is 6.92 Å². The first-order valence-corrected chi connectivity index (χ1v) is 3.54. The maximum atomic E-state index is 7.17. The van der Waals surface area contributed by atoms with Gasteiger partial charge in [0.15, 0.2) is 0 Å². The zero-order valence-corrected chi connectivity index (χ0v) is 6.45. The van der Waals surface area contributed by atoms with Gasteiger partial charge in [0, 0.05) is 12.3 Å². The highest BCUT2D eigenvalue weighted by atomic mass is 16.5. The minimum Gasteiger partial charge on any atom is -0.476 e. The summed E-state index contributed by atoms with van der Waals surface area (Å²) in [4.78, 5) is 3.95. The predicted octanol–water partition coefficient (Wildman–Crippen LogP) is 1.13. The zero-order valence-electron chi connectivity index (χ0n) is 6.45. The Bertz CT molecular complexity index is 199. The van der Waals surface area contributed by atoms with Crippen LogP contribution in [0, 0.1) is 0 Å². The molecule has 1 radical (unpaired) electrons. The van der Waals surface area contributed by atoms with Crippen molar-refractivity contribution in [3.8, 4) is 5.88 Å². The number of rotatable bonds is 3. The Hall–Kier alpha value is -1.09. The molecule has 1 aromatic rings. The van der Waals surface area contributed by atoms with E-state index in [1.807, 2.05) is 12.1 Å². The minimum atomic E-state index is -0.197. The topological polar surface area (TPSA) is 45.9 Å². The van der Waals surface area contributed by atoms with Crippen LogP contribution in [0.25, 0.3) is 0 Å². The average molecular weight is 151 g/mol. The molecule has 1 heterocycles. The van der Waals surface area contributed by atoms with Crippen molar-refractivity contribution in [1.82, 2.24) is 10.7 Å². The third-order valence-corrected chi connectivity index (χ3v) is 1.12. The first-order valence-electron chi connectivity index (χ1n) is 3.54. The molecule has 3 heteroatoms. The summed E-state index contributed by atoms with van der Waals surface area (Å²) >= 11 is 0. The monoisotopic (exact) mass is 151 g/mol. The van der Waals surface area contributed by atoms with Crippen LogP contribution in [0.3, 0.4) is 0 Å². The lowest BCUT2D eigenvalue weighted by molar-refractivity contribution is 0.282. The Morgan fingerprint density at radius 3 is 3.00 bits per heavy atom. The lowest BCUT2D eigenvalue weighted by atomic mass is 10.4. The molecule has 0 aliphatic rings. The van der Waals surface area contributed by atoms with E-state index in [4.69, 9.17) is 10.5 Å². The fourth-order valence-electron chi connectivity index (χ4n) is 0.643. The predicted molar refractivity (Wildman–Crippen MR) is 42.3 cm³/mol. The van der Waals surface area contributed by atoms with Crippen LogP contribution in [-0.4, -0.2) is 17.6 Å². The van der Waals surface area contributed by atoms with Gasteiger partial charge in [-0.1, -0.05) is 6.07 Å². The second-order valence-electron chi connectivity index (χ2n) is 2.38. The van der Waals surface area contributed by atoms with Gasteiger partial charge in [-0.2, -0.15) is 0 Å². The van der Waals surface area contributed by atoms with E-state index in [-0.39, 0.29) is 6.04 Å². The quantitative estimate of drug-likeness (QED) is 0.650. The molecular weight excluding hydrogens is 140 g/mol. The molecule has 0 saturated carbocycles. The van der Waals surface area contributed by atoms with Gasteiger partial charge >= 0.3 is 0 Å². The number of ether oxygens (including phenoxy) is 1. The third-order valence-electron chi connectivity index (χ3n) is 1.12. The molecule has 0 aliphatic carbocycles. The van der Waals surface area contributed by atoms with E-state index >= 15 is 0 Å². The normalized spacial score (nSPS) is 12.5. The lowest BCUT2D eigenvalue weighted by Crippen LogP contribution is -2.15. The number of nitrogens with one attached hydrogen (secondary N) is 1. The minimum absolute atomic E-state index is 0.197. The molecule has 0 saturated heterocycles. The highest BCUT2D eigenvalue weighted by molar-refractivity contribution is 5.09. The van der Waals surface area contributed by atoms with Gasteiger partial charge in [-0.05, 0) is 13.0 Å². The molecule has 11 heavy (non-hydrogen) atoms. The van der Waals surface area contributed by atoms with Gasteiger partial charge < -0.3 is 4.74 Å². The van der Waals surface area contributed by atoms with Crippen molar-refractivity contribution in [2.75, 3.05) is 6.61 Å². The lowest BCUT2D eigenvalue weighted by Gasteiger charge is -2.05. The van der Waals surface area contributed by atoms with Gasteiger partial charge in [0.2, 0.25) is 5.88 Å². The largest absolute Gasteiger partial charge is 0.476 e. The second kappa shape index (κ2) is 3.93. The van der Waals surface area contributed by atoms with Crippen molar-refractivity contribution in [3.63, 3.8) is 0 Å². The van der Waals surface area contributed by atoms with E-state index in [1.165, 1.54) is 0 Å². The Labute approximate surface area is 66.2 Å². The van der Waals surface area contributed by atoms with Crippen molar-refractivity contribution in [2.24, 2.45) is 0 Å². The first-order chi connectivity index (χ1) is 5.29. The first kappa shape index (κ1) is 8.01. The Kier molecular flexibility index (Phi) is 2.86. The van der Waals surface area contributed by atoms with Crippen LogP contribution in [-0.2, 0) is 0 Å². The van der Waals surface area contributed by atoms with Gasteiger partial charge in [0.25, 0.3) is 0 Å². The van der Waals surface area contributed by atoms with Crippen LogP contribution in [0.4, 0.5) is 0 Å². The Balaban J connectivity index is 2.39. The second-order valence-corrected chi connectivity index (χ2v) is 2.38. The fraction of sp³-hybridized carbons (Fsp3) is 0.375. The van der Waals surface area contributed by atoms with Crippen LogP contribution in [0.5, 0.6) is 5.88 Å². The van der Waals surface area contributed by atoms with Gasteiger partial charge in [-0.25, -0.2) is 4.98 Å². The van der Waals surface area contributed by atoms with Crippen LogP contribution in [0.2, 0.25) is 0 Å². The van der Waals surface area contributed by atoms with Gasteiger partial charge in [0.1, 0.15) is 6.61 Å². The van der Waals surface area contributed by atoms with E-state index in [2.05, 4.69) is 4.98 Å². The van der Waals surface area contributed by atoms with Crippen molar-refractivity contribution < 1.29 is 4.74 Å². The van der Waals surface area contributed by atoms with Crippen molar-refractivity contribution in [2.45, 2.75) is 13.0 Å². The number of hydrogen-bond acceptors (Lipinski definition) is 2. The highest BCUT2D eigenvalue weighted by Gasteiger charge is 1.96. The Morgan fingerprint density at radius 1 is 1.64 bits per heavy atom. The number of aromatic nitrogens is 1. The summed E-state index contributed by atoms with van der Waals surface area (Å²) in [6.45, 7) is 2.18. The molecule has 59 valence electrons. The maximum Gasteiger partial charge on any atom is 0.213 e. The fourth-order valence-corrected chi connectivity index (χ4v) is 0.643. The molecule has 0 amide bonds. The summed E-state index contributed by atoms with van der Waals surface area (Å²) in [5, 5.41) is 0. The van der Waals surface area contributed by atoms with E-state index in [0.29, 0.717) is 12.5 Å². The molecule has 0 bridgehead atoms. The smallest absolute Gasteiger partial charge is 0.213 e. The van der Waals surface area contributed by atoms with Gasteiger partial charge in [-0.3, -0.25) is 5.73 Å². The van der Waals surface area contributed by atoms with E-state index in [1.54, 1.807) is 19.2 Å². The Morgan fingerprint density at radius 2 is 2.45 bits per heavy atom. The summed E-state index contributed by atoms with van der Waals surface area (Å²) in [5.74, 6) is 0.589. The molecule has 1 atom stereocenters. The molecule has 0 aliphatic heterocycles. The third kappa shape index (κ3) is 3.00. The van der Waals surface area contributed by atoms with Crippen LogP contribution in [0.15, 0.2) is 24.4 Å². The standard InChI is InChI=1S/C8H11N2O/c1-7(9)6-11-8-4-2-3-5-10-8/h2-5,7,9H,6H2,1H3. The molecule has 0 spiro atoms. The van der Waals surface area contributed by atoms with Crippen molar-refractivity contribution >= 4 is 0 Å². The summed E-state index contributed by atoms with van der Waals surface area (Å²) in [6.07, 6.45) is 1.67. The zero-order chi connectivity index (χ0) is 8.10. The average Bonchev–Trinajstić information content (AvgIpc) is 2.03. The number of pyridine rings is 1. The molecule has 3 nitrogen and oxygen atoms in total. The molecule has 0 fully saturated rings. The molecular formula is C8H11N2O. The number of nitrogens with zero attached hydrogens (tertiary/aromatic N) is 1. The van der Waals surface area contributed by atoms with E-state index < -0.39 is 0 Å². The molecule has 1 aromatic heterocycles.